The molecule has 5 rings (SSSR count). The molecule has 2 bridgehead atoms. The van der Waals surface area contributed by atoms with E-state index >= 15 is 0 Å². The summed E-state index contributed by atoms with van der Waals surface area (Å²) >= 11 is 0. The molecule has 4 aliphatic carbocycles. The van der Waals surface area contributed by atoms with Crippen molar-refractivity contribution in [3.63, 3.8) is 0 Å². The Morgan fingerprint density at radius 1 is 0.929 bits per heavy atom. The molecule has 0 heterocycles. The Morgan fingerprint density at radius 3 is 2.64 bits per heavy atom. The van der Waals surface area contributed by atoms with Gasteiger partial charge in [-0.2, -0.15) is 0 Å². The Morgan fingerprint density at radius 2 is 1.75 bits per heavy atom. The normalized spacial score (nSPS) is 35.8. The zero-order valence-corrected chi connectivity index (χ0v) is 17.7. The molecule has 0 aromatic heterocycles. The van der Waals surface area contributed by atoms with E-state index in [0.29, 0.717) is 12.1 Å². The van der Waals surface area contributed by atoms with Crippen LogP contribution >= 0.6 is 0 Å². The summed E-state index contributed by atoms with van der Waals surface area (Å²) in [7, 11) is 0. The molecule has 1 aromatic rings. The lowest BCUT2D eigenvalue weighted by Crippen LogP contribution is -2.33. The number of benzene rings is 1. The monoisotopic (exact) mass is 381 g/mol. The van der Waals surface area contributed by atoms with Gasteiger partial charge in [0.05, 0.1) is 0 Å². The second kappa shape index (κ2) is 8.38. The van der Waals surface area contributed by atoms with Gasteiger partial charge in [0.15, 0.2) is 0 Å². The van der Waals surface area contributed by atoms with Gasteiger partial charge < -0.3 is 10.1 Å². The maximum atomic E-state index is 6.69. The van der Waals surface area contributed by atoms with Gasteiger partial charge in [0.1, 0.15) is 11.9 Å². The minimum atomic E-state index is 0.477. The molecule has 0 aliphatic heterocycles. The number of hydrogen-bond acceptors (Lipinski definition) is 2. The van der Waals surface area contributed by atoms with Crippen molar-refractivity contribution < 1.29 is 4.74 Å². The van der Waals surface area contributed by atoms with Crippen molar-refractivity contribution in [2.75, 3.05) is 0 Å². The highest BCUT2D eigenvalue weighted by atomic mass is 16.5. The van der Waals surface area contributed by atoms with Crippen LogP contribution < -0.4 is 10.1 Å². The van der Waals surface area contributed by atoms with Crippen molar-refractivity contribution in [2.24, 2.45) is 29.6 Å². The molecule has 6 atom stereocenters. The van der Waals surface area contributed by atoms with Crippen molar-refractivity contribution in [1.82, 2.24) is 5.32 Å². The Balaban J connectivity index is 1.17. The van der Waals surface area contributed by atoms with E-state index in [-0.39, 0.29) is 0 Å². The first-order chi connectivity index (χ1) is 13.8. The molecule has 28 heavy (non-hydrogen) atoms. The lowest BCUT2D eigenvalue weighted by molar-refractivity contribution is 0.0832. The molecule has 4 fully saturated rings. The van der Waals surface area contributed by atoms with Crippen LogP contribution in [0.2, 0.25) is 0 Å². The highest BCUT2D eigenvalue weighted by Crippen LogP contribution is 2.59. The Kier molecular flexibility index (Phi) is 5.68. The number of rotatable bonds is 7. The van der Waals surface area contributed by atoms with Gasteiger partial charge in [-0.15, -0.1) is 0 Å². The molecule has 0 saturated heterocycles. The zero-order chi connectivity index (χ0) is 18.9. The minimum Gasteiger partial charge on any atom is -0.490 e. The third kappa shape index (κ3) is 3.86. The topological polar surface area (TPSA) is 21.3 Å². The fourth-order valence-electron chi connectivity index (χ4n) is 7.36. The average Bonchev–Trinajstić information content (AvgIpc) is 3.42. The van der Waals surface area contributed by atoms with E-state index in [1.54, 1.807) is 0 Å². The van der Waals surface area contributed by atoms with Crippen molar-refractivity contribution in [2.45, 2.75) is 96.2 Å². The van der Waals surface area contributed by atoms with Crippen LogP contribution in [0.25, 0.3) is 0 Å². The van der Waals surface area contributed by atoms with Crippen LogP contribution in [-0.4, -0.2) is 12.1 Å². The number of fused-ring (bicyclic) bond motifs is 5. The Labute approximate surface area is 171 Å². The second-order valence-electron chi connectivity index (χ2n) is 10.4. The van der Waals surface area contributed by atoms with Gasteiger partial charge in [-0.05, 0) is 74.7 Å². The number of nitrogens with one attached hydrogen (secondary N) is 1. The van der Waals surface area contributed by atoms with Crippen LogP contribution in [0, 0.1) is 29.6 Å². The van der Waals surface area contributed by atoms with E-state index in [1.807, 2.05) is 0 Å². The highest BCUT2D eigenvalue weighted by Gasteiger charge is 2.54. The minimum absolute atomic E-state index is 0.477. The lowest BCUT2D eigenvalue weighted by atomic mass is 9.80. The molecule has 2 heteroatoms. The van der Waals surface area contributed by atoms with Gasteiger partial charge in [0.2, 0.25) is 0 Å². The average molecular weight is 382 g/mol. The summed E-state index contributed by atoms with van der Waals surface area (Å²) in [4.78, 5) is 0. The maximum Gasteiger partial charge on any atom is 0.124 e. The number of hydrogen-bond donors (Lipinski definition) is 1. The SMILES string of the molecule is CC(CC1CCCCC1)NCc1ccccc1OC1CC2CC1C1CCCC21. The van der Waals surface area contributed by atoms with Crippen LogP contribution in [0.1, 0.15) is 83.1 Å². The van der Waals surface area contributed by atoms with Gasteiger partial charge in [0, 0.05) is 18.2 Å². The molecular formula is C26H39NO. The first kappa shape index (κ1) is 19.0. The van der Waals surface area contributed by atoms with Crippen molar-refractivity contribution >= 4 is 0 Å². The summed E-state index contributed by atoms with van der Waals surface area (Å²) < 4.78 is 6.69. The zero-order valence-electron chi connectivity index (χ0n) is 17.7. The first-order valence-electron chi connectivity index (χ1n) is 12.3. The molecule has 0 spiro atoms. The molecule has 154 valence electrons. The Bertz CT molecular complexity index is 652. The third-order valence-electron chi connectivity index (χ3n) is 8.67. The van der Waals surface area contributed by atoms with Crippen LogP contribution in [0.5, 0.6) is 5.75 Å². The van der Waals surface area contributed by atoms with Gasteiger partial charge in [0.25, 0.3) is 0 Å². The fourth-order valence-corrected chi connectivity index (χ4v) is 7.36. The summed E-state index contributed by atoms with van der Waals surface area (Å²) in [6.45, 7) is 3.31. The summed E-state index contributed by atoms with van der Waals surface area (Å²) in [6.07, 6.45) is 16.2. The summed E-state index contributed by atoms with van der Waals surface area (Å²) in [5.41, 5.74) is 1.35. The van der Waals surface area contributed by atoms with E-state index < -0.39 is 0 Å². The maximum absolute atomic E-state index is 6.69. The van der Waals surface area contributed by atoms with Gasteiger partial charge in [-0.1, -0.05) is 56.7 Å². The molecule has 1 aromatic carbocycles. The molecule has 6 unspecified atom stereocenters. The summed E-state index contributed by atoms with van der Waals surface area (Å²) in [5, 5.41) is 3.80. The van der Waals surface area contributed by atoms with Gasteiger partial charge >= 0.3 is 0 Å². The largest absolute Gasteiger partial charge is 0.490 e. The van der Waals surface area contributed by atoms with Crippen LogP contribution in [0.3, 0.4) is 0 Å². The fraction of sp³-hybridized carbons (Fsp3) is 0.769. The predicted octanol–water partition coefficient (Wildman–Crippen LogP) is 6.34. The highest BCUT2D eigenvalue weighted by molar-refractivity contribution is 5.33. The summed E-state index contributed by atoms with van der Waals surface area (Å²) in [6, 6.07) is 9.39. The molecule has 1 N–H and O–H groups in total. The second-order valence-corrected chi connectivity index (χ2v) is 10.4. The van der Waals surface area contributed by atoms with Crippen molar-refractivity contribution in [3.8, 4) is 5.75 Å². The predicted molar refractivity (Wildman–Crippen MR) is 115 cm³/mol. The molecule has 2 nitrogen and oxygen atoms in total. The smallest absolute Gasteiger partial charge is 0.124 e. The van der Waals surface area contributed by atoms with Crippen molar-refractivity contribution in [1.29, 1.82) is 0 Å². The van der Waals surface area contributed by atoms with Crippen molar-refractivity contribution in [3.05, 3.63) is 29.8 Å². The third-order valence-corrected chi connectivity index (χ3v) is 8.67. The van der Waals surface area contributed by atoms with E-state index in [2.05, 4.69) is 36.5 Å². The first-order valence-corrected chi connectivity index (χ1v) is 12.3. The molecule has 4 aliphatic rings. The molecule has 0 amide bonds. The standard InChI is InChI=1S/C26H39NO/c1-18(14-19-8-3-2-4-9-19)27-17-20-10-5-6-13-25(20)28-26-16-21-15-24(26)23-12-7-11-22(21)23/h5-6,10,13,18-19,21-24,26-27H,2-4,7-9,11-12,14-17H2,1H3. The Hall–Kier alpha value is -1.02. The van der Waals surface area contributed by atoms with Gasteiger partial charge in [-0.25, -0.2) is 0 Å². The van der Waals surface area contributed by atoms with E-state index in [9.17, 15) is 0 Å². The number of ether oxygens (including phenoxy) is 1. The summed E-state index contributed by atoms with van der Waals surface area (Å²) in [5.74, 6) is 5.90. The van der Waals surface area contributed by atoms with Crippen LogP contribution in [-0.2, 0) is 6.54 Å². The van der Waals surface area contributed by atoms with Crippen LogP contribution in [0.15, 0.2) is 24.3 Å². The number of para-hydroxylation sites is 1. The quantitative estimate of drug-likeness (QED) is 0.595. The van der Waals surface area contributed by atoms with E-state index in [4.69, 9.17) is 4.74 Å². The molecular weight excluding hydrogens is 342 g/mol. The van der Waals surface area contributed by atoms with E-state index in [1.165, 1.54) is 76.2 Å². The van der Waals surface area contributed by atoms with Crippen LogP contribution in [0.4, 0.5) is 0 Å². The van der Waals surface area contributed by atoms with E-state index in [0.717, 1.165) is 41.9 Å². The molecule has 0 radical (unpaired) electrons. The molecule has 4 saturated carbocycles. The lowest BCUT2D eigenvalue weighted by Gasteiger charge is -2.32. The van der Waals surface area contributed by atoms with Gasteiger partial charge in [-0.3, -0.25) is 0 Å².